The molecule has 1 unspecified atom stereocenters. The summed E-state index contributed by atoms with van der Waals surface area (Å²) in [5, 5.41) is 0. The molecule has 0 radical (unpaired) electrons. The molecule has 1 atom stereocenters. The summed E-state index contributed by atoms with van der Waals surface area (Å²) in [6.07, 6.45) is 0.0984. The molecule has 0 amide bonds. The Labute approximate surface area is 72.7 Å². The Morgan fingerprint density at radius 1 is 1.25 bits per heavy atom. The predicted octanol–water partition coefficient (Wildman–Crippen LogP) is 1.30. The third-order valence-corrected chi connectivity index (χ3v) is 1.26. The van der Waals surface area contributed by atoms with Gasteiger partial charge in [-0.05, 0) is 20.3 Å². The van der Waals surface area contributed by atoms with Crippen molar-refractivity contribution in [1.29, 1.82) is 0 Å². The highest BCUT2D eigenvalue weighted by atomic mass is 17.2. The molecule has 0 saturated carbocycles. The average Bonchev–Trinajstić information content (AvgIpc) is 2.10. The molecular formula is C8H16O4. The predicted molar refractivity (Wildman–Crippen MR) is 43.4 cm³/mol. The zero-order valence-corrected chi connectivity index (χ0v) is 7.83. The van der Waals surface area contributed by atoms with Crippen LogP contribution in [0, 0.1) is 0 Å². The van der Waals surface area contributed by atoms with Gasteiger partial charge in [0.05, 0.1) is 6.61 Å². The lowest BCUT2D eigenvalue weighted by molar-refractivity contribution is -0.277. The van der Waals surface area contributed by atoms with Crippen molar-refractivity contribution in [3.8, 4) is 0 Å². The molecule has 0 saturated heterocycles. The molecule has 12 heavy (non-hydrogen) atoms. The first-order valence-corrected chi connectivity index (χ1v) is 4.21. The monoisotopic (exact) mass is 176 g/mol. The zero-order chi connectivity index (χ0) is 9.40. The van der Waals surface area contributed by atoms with E-state index in [1.165, 1.54) is 0 Å². The van der Waals surface area contributed by atoms with Gasteiger partial charge in [-0.1, -0.05) is 6.92 Å². The lowest BCUT2D eigenvalue weighted by atomic mass is 10.3. The van der Waals surface area contributed by atoms with Crippen LogP contribution in [0.25, 0.3) is 0 Å². The van der Waals surface area contributed by atoms with Crippen LogP contribution in [0.3, 0.4) is 0 Å². The van der Waals surface area contributed by atoms with Gasteiger partial charge in [0.25, 0.3) is 0 Å². The number of ether oxygens (including phenoxy) is 1. The Bertz CT molecular complexity index is 124. The molecule has 0 aromatic heterocycles. The Morgan fingerprint density at radius 3 is 2.33 bits per heavy atom. The second kappa shape index (κ2) is 7.06. The molecule has 4 nitrogen and oxygen atoms in total. The van der Waals surface area contributed by atoms with Gasteiger partial charge in [-0.2, -0.15) is 4.89 Å². The summed E-state index contributed by atoms with van der Waals surface area (Å²) >= 11 is 0. The van der Waals surface area contributed by atoms with E-state index in [4.69, 9.17) is 4.74 Å². The van der Waals surface area contributed by atoms with Crippen molar-refractivity contribution in [1.82, 2.24) is 0 Å². The minimum atomic E-state index is -0.499. The molecule has 0 aromatic rings. The van der Waals surface area contributed by atoms with Gasteiger partial charge in [0, 0.05) is 6.61 Å². The number of carbonyl (C=O) groups excluding carboxylic acids is 1. The fraction of sp³-hybridized carbons (Fsp3) is 0.875. The largest absolute Gasteiger partial charge is 0.370 e. The molecule has 0 aliphatic rings. The minimum absolute atomic E-state index is 0.355. The van der Waals surface area contributed by atoms with Gasteiger partial charge >= 0.3 is 5.97 Å². The van der Waals surface area contributed by atoms with E-state index in [0.717, 1.165) is 0 Å². The van der Waals surface area contributed by atoms with Crippen LogP contribution >= 0.6 is 0 Å². The summed E-state index contributed by atoms with van der Waals surface area (Å²) < 4.78 is 5.10. The summed E-state index contributed by atoms with van der Waals surface area (Å²) in [4.78, 5) is 20.0. The molecule has 0 heterocycles. The van der Waals surface area contributed by atoms with Gasteiger partial charge < -0.3 is 4.74 Å². The first-order valence-electron chi connectivity index (χ1n) is 4.21. The molecule has 0 N–H and O–H groups in total. The lowest BCUT2D eigenvalue weighted by Crippen LogP contribution is -2.25. The van der Waals surface area contributed by atoms with E-state index < -0.39 is 12.1 Å². The van der Waals surface area contributed by atoms with Crippen molar-refractivity contribution in [2.45, 2.75) is 33.3 Å². The molecule has 0 fully saturated rings. The van der Waals surface area contributed by atoms with Gasteiger partial charge in [-0.3, -0.25) is 4.89 Å². The molecule has 0 aliphatic carbocycles. The van der Waals surface area contributed by atoms with E-state index in [1.54, 1.807) is 6.92 Å². The maximum Gasteiger partial charge on any atom is 0.370 e. The van der Waals surface area contributed by atoms with Gasteiger partial charge in [0.1, 0.15) is 0 Å². The Kier molecular flexibility index (Phi) is 6.70. The Balaban J connectivity index is 3.69. The fourth-order valence-electron chi connectivity index (χ4n) is 0.724. The van der Waals surface area contributed by atoms with E-state index in [2.05, 4.69) is 9.78 Å². The summed E-state index contributed by atoms with van der Waals surface area (Å²) in [5.74, 6) is -0.457. The van der Waals surface area contributed by atoms with Crippen molar-refractivity contribution in [3.63, 3.8) is 0 Å². The van der Waals surface area contributed by atoms with Crippen molar-refractivity contribution in [3.05, 3.63) is 0 Å². The van der Waals surface area contributed by atoms with Gasteiger partial charge in [0.15, 0.2) is 6.10 Å². The van der Waals surface area contributed by atoms with Crippen molar-refractivity contribution < 1.29 is 19.3 Å². The smallest absolute Gasteiger partial charge is 0.367 e. The number of hydrogen-bond acceptors (Lipinski definition) is 4. The maximum absolute atomic E-state index is 11.1. The van der Waals surface area contributed by atoms with E-state index >= 15 is 0 Å². The Hall–Kier alpha value is -0.610. The van der Waals surface area contributed by atoms with Crippen molar-refractivity contribution in [2.24, 2.45) is 0 Å². The molecule has 0 bridgehead atoms. The molecule has 4 heteroatoms. The first kappa shape index (κ1) is 11.4. The minimum Gasteiger partial charge on any atom is -0.367 e. The molecule has 72 valence electrons. The van der Waals surface area contributed by atoms with Gasteiger partial charge in [0.2, 0.25) is 0 Å². The van der Waals surface area contributed by atoms with Crippen LogP contribution in [0.4, 0.5) is 0 Å². The quantitative estimate of drug-likeness (QED) is 0.452. The average molecular weight is 176 g/mol. The molecular weight excluding hydrogens is 160 g/mol. The van der Waals surface area contributed by atoms with Crippen LogP contribution in [-0.2, 0) is 19.3 Å². The third kappa shape index (κ3) is 4.31. The van der Waals surface area contributed by atoms with E-state index in [9.17, 15) is 4.79 Å². The van der Waals surface area contributed by atoms with Crippen molar-refractivity contribution >= 4 is 5.97 Å². The van der Waals surface area contributed by atoms with Gasteiger partial charge in [-0.25, -0.2) is 4.79 Å². The summed E-state index contributed by atoms with van der Waals surface area (Å²) in [5.41, 5.74) is 0. The topological polar surface area (TPSA) is 44.8 Å². The van der Waals surface area contributed by atoms with Gasteiger partial charge in [-0.15, -0.1) is 0 Å². The zero-order valence-electron chi connectivity index (χ0n) is 7.83. The SMILES string of the molecule is CCOOC(=O)C(CC)OCC. The van der Waals surface area contributed by atoms with Crippen LogP contribution in [0.2, 0.25) is 0 Å². The van der Waals surface area contributed by atoms with E-state index in [0.29, 0.717) is 19.6 Å². The van der Waals surface area contributed by atoms with Crippen LogP contribution in [0.15, 0.2) is 0 Å². The Morgan fingerprint density at radius 2 is 1.92 bits per heavy atom. The molecule has 0 spiro atoms. The highest BCUT2D eigenvalue weighted by Gasteiger charge is 2.18. The second-order valence-corrected chi connectivity index (χ2v) is 2.16. The van der Waals surface area contributed by atoms with Crippen LogP contribution in [0.5, 0.6) is 0 Å². The number of rotatable bonds is 6. The number of hydrogen-bond donors (Lipinski definition) is 0. The van der Waals surface area contributed by atoms with E-state index in [1.807, 2.05) is 13.8 Å². The highest BCUT2D eigenvalue weighted by Crippen LogP contribution is 2.00. The molecule has 0 aromatic carbocycles. The summed E-state index contributed by atoms with van der Waals surface area (Å²) in [6, 6.07) is 0. The van der Waals surface area contributed by atoms with Crippen LogP contribution in [-0.4, -0.2) is 25.3 Å². The second-order valence-electron chi connectivity index (χ2n) is 2.16. The van der Waals surface area contributed by atoms with Crippen LogP contribution < -0.4 is 0 Å². The molecule has 0 rings (SSSR count). The van der Waals surface area contributed by atoms with Crippen LogP contribution in [0.1, 0.15) is 27.2 Å². The fourth-order valence-corrected chi connectivity index (χ4v) is 0.724. The summed E-state index contributed by atoms with van der Waals surface area (Å²) in [6.45, 7) is 6.28. The number of carbonyl (C=O) groups is 1. The first-order chi connectivity index (χ1) is 5.76. The standard InChI is InChI=1S/C8H16O4/c1-4-7(10-5-2)8(9)12-11-6-3/h7H,4-6H2,1-3H3. The highest BCUT2D eigenvalue weighted by molar-refractivity contribution is 5.73. The molecule has 0 aliphatic heterocycles. The van der Waals surface area contributed by atoms with Crippen molar-refractivity contribution in [2.75, 3.05) is 13.2 Å². The van der Waals surface area contributed by atoms with E-state index in [-0.39, 0.29) is 0 Å². The third-order valence-electron chi connectivity index (χ3n) is 1.26. The lowest BCUT2D eigenvalue weighted by Gasteiger charge is -2.11. The maximum atomic E-state index is 11.1. The summed E-state index contributed by atoms with van der Waals surface area (Å²) in [7, 11) is 0. The normalized spacial score (nSPS) is 12.6.